The molecule has 1 atom stereocenters. The minimum Gasteiger partial charge on any atom is -0.498 e. The molecular weight excluding hydrogens is 260 g/mol. The van der Waals surface area contributed by atoms with Gasteiger partial charge in [-0.15, -0.1) is 6.58 Å². The molecule has 2 heteroatoms. The van der Waals surface area contributed by atoms with E-state index in [0.717, 1.165) is 31.4 Å². The van der Waals surface area contributed by atoms with Crippen LogP contribution < -0.4 is 0 Å². The van der Waals surface area contributed by atoms with Gasteiger partial charge in [-0.1, -0.05) is 44.7 Å². The van der Waals surface area contributed by atoms with Crippen molar-refractivity contribution in [3.63, 3.8) is 0 Å². The minimum atomic E-state index is -0.357. The minimum absolute atomic E-state index is 0.173. The first kappa shape index (κ1) is 17.5. The molecule has 0 N–H and O–H groups in total. The maximum Gasteiger partial charge on any atom is 0.165 e. The number of hydrogen-bond acceptors (Lipinski definition) is 2. The Balaban J connectivity index is 2.88. The zero-order chi connectivity index (χ0) is 15.7. The Morgan fingerprint density at radius 3 is 2.76 bits per heavy atom. The molecule has 0 aliphatic heterocycles. The molecule has 0 aromatic rings. The van der Waals surface area contributed by atoms with Gasteiger partial charge in [0.1, 0.15) is 0 Å². The van der Waals surface area contributed by atoms with Gasteiger partial charge in [0.25, 0.3) is 0 Å². The van der Waals surface area contributed by atoms with Crippen molar-refractivity contribution < 1.29 is 9.53 Å². The van der Waals surface area contributed by atoms with E-state index in [2.05, 4.69) is 27.0 Å². The molecule has 0 saturated heterocycles. The molecule has 1 aliphatic carbocycles. The van der Waals surface area contributed by atoms with Gasteiger partial charge in [-0.05, 0) is 31.6 Å². The van der Waals surface area contributed by atoms with E-state index in [4.69, 9.17) is 4.74 Å². The van der Waals surface area contributed by atoms with Crippen LogP contribution in [0.2, 0.25) is 0 Å². The summed E-state index contributed by atoms with van der Waals surface area (Å²) in [6.45, 7) is 12.4. The lowest BCUT2D eigenvalue weighted by molar-refractivity contribution is -0.124. The van der Waals surface area contributed by atoms with Crippen LogP contribution in [0.5, 0.6) is 0 Å². The largest absolute Gasteiger partial charge is 0.498 e. The summed E-state index contributed by atoms with van der Waals surface area (Å²) in [6, 6.07) is 0. The maximum absolute atomic E-state index is 12.7. The fourth-order valence-electron chi connectivity index (χ4n) is 2.64. The van der Waals surface area contributed by atoms with E-state index < -0.39 is 0 Å². The van der Waals surface area contributed by atoms with E-state index in [1.54, 1.807) is 12.2 Å². The second kappa shape index (κ2) is 8.66. The molecule has 0 bridgehead atoms. The van der Waals surface area contributed by atoms with Gasteiger partial charge in [-0.2, -0.15) is 0 Å². The Hall–Kier alpha value is -1.57. The first-order valence-electron chi connectivity index (χ1n) is 7.80. The van der Waals surface area contributed by atoms with Crippen LogP contribution in [-0.2, 0) is 9.53 Å². The summed E-state index contributed by atoms with van der Waals surface area (Å²) in [5, 5.41) is 0. The van der Waals surface area contributed by atoms with Crippen molar-refractivity contribution in [2.24, 2.45) is 11.3 Å². The summed E-state index contributed by atoms with van der Waals surface area (Å²) in [5.74, 6) is 1.48. The van der Waals surface area contributed by atoms with Crippen molar-refractivity contribution in [1.82, 2.24) is 0 Å². The number of carbonyl (C=O) groups is 1. The Morgan fingerprint density at radius 2 is 2.14 bits per heavy atom. The summed E-state index contributed by atoms with van der Waals surface area (Å²) < 4.78 is 5.77. The lowest BCUT2D eigenvalue weighted by Gasteiger charge is -2.28. The van der Waals surface area contributed by atoms with Crippen molar-refractivity contribution in [2.75, 3.05) is 6.61 Å². The van der Waals surface area contributed by atoms with E-state index in [1.807, 2.05) is 18.2 Å². The molecule has 0 aromatic carbocycles. The highest BCUT2D eigenvalue weighted by Crippen LogP contribution is 2.38. The fraction of sp³-hybridized carbons (Fsp3) is 0.526. The third-order valence-electron chi connectivity index (χ3n) is 3.81. The van der Waals surface area contributed by atoms with Crippen LogP contribution in [0.4, 0.5) is 0 Å². The van der Waals surface area contributed by atoms with Gasteiger partial charge in [-0.25, -0.2) is 0 Å². The molecule has 0 saturated carbocycles. The summed E-state index contributed by atoms with van der Waals surface area (Å²) in [6.07, 6.45) is 13.4. The molecule has 1 aliphatic rings. The second-order valence-electron chi connectivity index (χ2n) is 6.17. The first-order valence-corrected chi connectivity index (χ1v) is 7.80. The third-order valence-corrected chi connectivity index (χ3v) is 3.81. The number of allylic oxidation sites excluding steroid dienone is 6. The van der Waals surface area contributed by atoms with Crippen molar-refractivity contribution in [1.29, 1.82) is 0 Å². The van der Waals surface area contributed by atoms with Crippen molar-refractivity contribution >= 4 is 5.78 Å². The zero-order valence-corrected chi connectivity index (χ0v) is 13.4. The summed E-state index contributed by atoms with van der Waals surface area (Å²) in [7, 11) is 0. The van der Waals surface area contributed by atoms with Crippen LogP contribution in [0, 0.1) is 11.3 Å². The van der Waals surface area contributed by atoms with E-state index >= 15 is 0 Å². The number of ketones is 1. The maximum atomic E-state index is 12.7. The van der Waals surface area contributed by atoms with E-state index in [0.29, 0.717) is 18.9 Å². The van der Waals surface area contributed by atoms with Gasteiger partial charge >= 0.3 is 0 Å². The Morgan fingerprint density at radius 1 is 1.38 bits per heavy atom. The fourth-order valence-corrected chi connectivity index (χ4v) is 2.64. The van der Waals surface area contributed by atoms with Crippen molar-refractivity contribution in [2.45, 2.75) is 46.0 Å². The molecule has 0 spiro atoms. The average Bonchev–Trinajstić information content (AvgIpc) is 2.58. The van der Waals surface area contributed by atoms with Crippen LogP contribution >= 0.6 is 0 Å². The summed E-state index contributed by atoms with van der Waals surface area (Å²) in [5.41, 5.74) is -0.357. The molecular formula is C19H28O2. The highest BCUT2D eigenvalue weighted by atomic mass is 16.5. The molecule has 0 radical (unpaired) electrons. The first-order chi connectivity index (χ1) is 10.0. The van der Waals surface area contributed by atoms with Gasteiger partial charge in [0, 0.05) is 17.9 Å². The number of hydrogen-bond donors (Lipinski definition) is 0. The van der Waals surface area contributed by atoms with Gasteiger partial charge in [0.05, 0.1) is 12.4 Å². The smallest absolute Gasteiger partial charge is 0.165 e. The molecule has 21 heavy (non-hydrogen) atoms. The monoisotopic (exact) mass is 288 g/mol. The lowest BCUT2D eigenvalue weighted by Crippen LogP contribution is -2.28. The topological polar surface area (TPSA) is 26.3 Å². The quantitative estimate of drug-likeness (QED) is 0.464. The highest BCUT2D eigenvalue weighted by Gasteiger charge is 2.36. The SMILES string of the molecule is C=C/C=C/C[C@@]1(CC=C)CCCC(OCC(C)C)=CC1=O. The average molecular weight is 288 g/mol. The Labute approximate surface area is 129 Å². The van der Waals surface area contributed by atoms with E-state index in [-0.39, 0.29) is 11.2 Å². The molecule has 0 amide bonds. The highest BCUT2D eigenvalue weighted by molar-refractivity contribution is 5.95. The second-order valence-corrected chi connectivity index (χ2v) is 6.17. The summed E-state index contributed by atoms with van der Waals surface area (Å²) in [4.78, 5) is 12.7. The Kier molecular flexibility index (Phi) is 7.21. The normalized spacial score (nSPS) is 23.0. The Bertz CT molecular complexity index is 429. The summed E-state index contributed by atoms with van der Waals surface area (Å²) >= 11 is 0. The van der Waals surface area contributed by atoms with E-state index in [1.165, 1.54) is 0 Å². The van der Waals surface area contributed by atoms with Crippen molar-refractivity contribution in [3.05, 3.63) is 49.3 Å². The van der Waals surface area contributed by atoms with Gasteiger partial charge < -0.3 is 4.74 Å². The predicted octanol–water partition coefficient (Wildman–Crippen LogP) is 4.99. The molecule has 0 unspecified atom stereocenters. The van der Waals surface area contributed by atoms with Crippen LogP contribution in [0.15, 0.2) is 49.3 Å². The van der Waals surface area contributed by atoms with Crippen LogP contribution in [-0.4, -0.2) is 12.4 Å². The molecule has 2 nitrogen and oxygen atoms in total. The number of carbonyl (C=O) groups excluding carboxylic acids is 1. The van der Waals surface area contributed by atoms with Gasteiger partial charge in [-0.3, -0.25) is 4.79 Å². The van der Waals surface area contributed by atoms with E-state index in [9.17, 15) is 4.79 Å². The molecule has 0 heterocycles. The lowest BCUT2D eigenvalue weighted by atomic mass is 9.74. The van der Waals surface area contributed by atoms with Crippen LogP contribution in [0.25, 0.3) is 0 Å². The number of rotatable bonds is 8. The third kappa shape index (κ3) is 5.37. The number of ether oxygens (including phenoxy) is 1. The van der Waals surface area contributed by atoms with Crippen LogP contribution in [0.1, 0.15) is 46.0 Å². The predicted molar refractivity (Wildman–Crippen MR) is 88.9 cm³/mol. The molecule has 116 valence electrons. The zero-order valence-electron chi connectivity index (χ0n) is 13.4. The molecule has 0 fully saturated rings. The van der Waals surface area contributed by atoms with Crippen LogP contribution in [0.3, 0.4) is 0 Å². The standard InChI is InChI=1S/C19H28O2/c1-5-7-8-12-19(11-6-2)13-9-10-17(14-18(19)20)21-15-16(3)4/h5-8,14,16H,1-2,9-13,15H2,3-4H3/b8-7+/t19-/m0/s1. The molecule has 0 aromatic heterocycles. The molecule has 1 rings (SSSR count). The van der Waals surface area contributed by atoms with Crippen molar-refractivity contribution in [3.8, 4) is 0 Å². The van der Waals surface area contributed by atoms with Gasteiger partial charge in [0.15, 0.2) is 5.78 Å². The van der Waals surface area contributed by atoms with Gasteiger partial charge in [0.2, 0.25) is 0 Å².